The van der Waals surface area contributed by atoms with E-state index in [0.717, 1.165) is 34.3 Å². The number of rotatable bonds is 9. The van der Waals surface area contributed by atoms with Crippen molar-refractivity contribution in [3.63, 3.8) is 0 Å². The fourth-order valence-electron chi connectivity index (χ4n) is 3.65. The van der Waals surface area contributed by atoms with E-state index in [-0.39, 0.29) is 16.9 Å². The molecule has 0 aliphatic carbocycles. The number of nitrogens with one attached hydrogen (secondary N) is 1. The van der Waals surface area contributed by atoms with Gasteiger partial charge in [-0.1, -0.05) is 25.4 Å². The third-order valence-electron chi connectivity index (χ3n) is 5.41. The first-order chi connectivity index (χ1) is 15.0. The van der Waals surface area contributed by atoms with Crippen LogP contribution in [0.15, 0.2) is 35.0 Å². The van der Waals surface area contributed by atoms with Crippen LogP contribution >= 0.6 is 11.6 Å². The lowest BCUT2D eigenvalue weighted by Crippen LogP contribution is -2.33. The van der Waals surface area contributed by atoms with Crippen LogP contribution < -0.4 is 0 Å². The summed E-state index contributed by atoms with van der Waals surface area (Å²) in [5, 5.41) is 1.17. The van der Waals surface area contributed by atoms with Crippen LogP contribution in [0.3, 0.4) is 0 Å². The second-order valence-electron chi connectivity index (χ2n) is 8.96. The highest BCUT2D eigenvalue weighted by Crippen LogP contribution is 2.37. The maximum atomic E-state index is 13.0. The molecule has 6 nitrogen and oxygen atoms in total. The third kappa shape index (κ3) is 5.81. The van der Waals surface area contributed by atoms with Crippen LogP contribution in [0.2, 0.25) is 0 Å². The summed E-state index contributed by atoms with van der Waals surface area (Å²) in [7, 11) is 9.68. The van der Waals surface area contributed by atoms with Gasteiger partial charge in [-0.25, -0.2) is 0 Å². The minimum absolute atomic E-state index is 0.00432. The summed E-state index contributed by atoms with van der Waals surface area (Å²) < 4.78 is 0. The van der Waals surface area contributed by atoms with Gasteiger partial charge >= 0.3 is 0 Å². The van der Waals surface area contributed by atoms with Crippen molar-refractivity contribution in [1.29, 1.82) is 0 Å². The van der Waals surface area contributed by atoms with E-state index in [0.29, 0.717) is 24.0 Å². The average molecular weight is 459 g/mol. The first-order valence-electron chi connectivity index (χ1n) is 10.7. The minimum atomic E-state index is -0.00432. The number of likely N-dealkylation sites (N-methyl/N-ethyl adjacent to an activating group) is 2. The van der Waals surface area contributed by atoms with Crippen molar-refractivity contribution in [3.05, 3.63) is 51.8 Å². The Morgan fingerprint density at radius 2 is 1.78 bits per heavy atom. The molecule has 7 heteroatoms. The Labute approximate surface area is 196 Å². The molecule has 2 aromatic rings. The summed E-state index contributed by atoms with van der Waals surface area (Å²) in [5.41, 5.74) is 5.14. The molecule has 1 amide bonds. The minimum Gasteiger partial charge on any atom is -0.383 e. The van der Waals surface area contributed by atoms with Gasteiger partial charge in [-0.15, -0.1) is 0 Å². The molecule has 0 aliphatic rings. The molecule has 1 heterocycles. The Balaban J connectivity index is 2.66. The summed E-state index contributed by atoms with van der Waals surface area (Å²) in [6.45, 7) is 7.55. The maximum absolute atomic E-state index is 13.0. The Kier molecular flexibility index (Phi) is 8.70. The number of aldehydes is 1. The number of amides is 1. The second kappa shape index (κ2) is 10.8. The van der Waals surface area contributed by atoms with E-state index in [9.17, 15) is 9.59 Å². The molecule has 0 atom stereocenters. The number of fused-ring (bicyclic) bond motifs is 1. The first-order valence-corrected chi connectivity index (χ1v) is 11.1. The van der Waals surface area contributed by atoms with E-state index >= 15 is 0 Å². The molecule has 1 N–H and O–H groups in total. The summed E-state index contributed by atoms with van der Waals surface area (Å²) in [5.74, 6) is 0.180. The molecule has 0 unspecified atom stereocenters. The number of benzene rings is 1. The summed E-state index contributed by atoms with van der Waals surface area (Å²) in [6.07, 6.45) is 2.62. The predicted molar refractivity (Wildman–Crippen MR) is 134 cm³/mol. The van der Waals surface area contributed by atoms with Crippen LogP contribution in [-0.2, 0) is 4.79 Å². The highest BCUT2D eigenvalue weighted by Gasteiger charge is 2.22. The van der Waals surface area contributed by atoms with Gasteiger partial charge in [0.1, 0.15) is 0 Å². The molecule has 32 heavy (non-hydrogen) atoms. The predicted octanol–water partition coefficient (Wildman–Crippen LogP) is 4.54. The van der Waals surface area contributed by atoms with Crippen LogP contribution in [-0.4, -0.2) is 80.2 Å². The largest absolute Gasteiger partial charge is 0.383 e. The first kappa shape index (κ1) is 25.7. The second-order valence-corrected chi connectivity index (χ2v) is 9.36. The summed E-state index contributed by atoms with van der Waals surface area (Å²) >= 11 is 6.21. The fraction of sp³-hybridized carbons (Fsp3) is 0.440. The van der Waals surface area contributed by atoms with Gasteiger partial charge in [0.05, 0.1) is 10.7 Å². The molecule has 0 saturated heterocycles. The number of hydrogen-bond donors (Lipinski definition) is 1. The smallest absolute Gasteiger partial charge is 0.253 e. The molecular formula is C25H35ClN4O2. The lowest BCUT2D eigenvalue weighted by molar-refractivity contribution is -0.104. The Hall–Kier alpha value is -2.57. The molecule has 0 radical (unpaired) electrons. The number of nitrogens with zero attached hydrogens (tertiary/aromatic N) is 3. The van der Waals surface area contributed by atoms with Crippen molar-refractivity contribution >= 4 is 40.3 Å². The Morgan fingerprint density at radius 3 is 2.31 bits per heavy atom. The number of hydrogen-bond acceptors (Lipinski definition) is 4. The van der Waals surface area contributed by atoms with Gasteiger partial charge in [-0.3, -0.25) is 9.59 Å². The Bertz CT molecular complexity index is 1050. The van der Waals surface area contributed by atoms with Gasteiger partial charge in [0.15, 0.2) is 6.29 Å². The number of carbonyl (C=O) groups is 2. The third-order valence-corrected chi connectivity index (χ3v) is 5.79. The fourth-order valence-corrected chi connectivity index (χ4v) is 3.76. The molecule has 0 fully saturated rings. The molecule has 0 spiro atoms. The van der Waals surface area contributed by atoms with Crippen LogP contribution in [0.4, 0.5) is 0 Å². The lowest BCUT2D eigenvalue weighted by atomic mass is 9.93. The van der Waals surface area contributed by atoms with Crippen LogP contribution in [0.5, 0.6) is 0 Å². The lowest BCUT2D eigenvalue weighted by Gasteiger charge is -2.20. The van der Waals surface area contributed by atoms with E-state index in [4.69, 9.17) is 11.6 Å². The normalized spacial score (nSPS) is 13.0. The standard InChI is InChI=1S/C25H35ClN4O2/c1-16(2)23-19-13-18(25(32)30(8)12-11-28(4)5)9-10-22(19)27-24(23)20(14-29(6)7)17(3)21(26)15-31/h9-10,13-16,27H,11-12H2,1-8H3/b20-14+,21-17+. The highest BCUT2D eigenvalue weighted by atomic mass is 35.5. The molecule has 0 saturated carbocycles. The molecule has 1 aromatic carbocycles. The van der Waals surface area contributed by atoms with Crippen LogP contribution in [0, 0.1) is 0 Å². The molecule has 1 aromatic heterocycles. The maximum Gasteiger partial charge on any atom is 0.253 e. The van der Waals surface area contributed by atoms with Gasteiger partial charge in [-0.2, -0.15) is 0 Å². The van der Waals surface area contributed by atoms with Crippen molar-refractivity contribution < 1.29 is 9.59 Å². The van der Waals surface area contributed by atoms with Crippen LogP contribution in [0.25, 0.3) is 16.5 Å². The van der Waals surface area contributed by atoms with E-state index in [1.54, 1.807) is 4.90 Å². The number of halogens is 1. The zero-order chi connectivity index (χ0) is 24.2. The molecule has 0 aliphatic heterocycles. The van der Waals surface area contributed by atoms with E-state index in [1.165, 1.54) is 0 Å². The number of H-pyrrole nitrogens is 1. The molecule has 2 rings (SSSR count). The van der Waals surface area contributed by atoms with Crippen molar-refractivity contribution in [3.8, 4) is 0 Å². The van der Waals surface area contributed by atoms with E-state index in [1.807, 2.05) is 71.5 Å². The number of aromatic nitrogens is 1. The average Bonchev–Trinajstić information content (AvgIpc) is 3.12. The zero-order valence-electron chi connectivity index (χ0n) is 20.4. The SMILES string of the molecule is CC(/C(=C\N(C)C)c1[nH]c2ccc(C(=O)N(C)CCN(C)C)cc2c1C(C)C)=C(\Cl)C=O. The monoisotopic (exact) mass is 458 g/mol. The van der Waals surface area contributed by atoms with E-state index < -0.39 is 0 Å². The van der Waals surface area contributed by atoms with Crippen molar-refractivity contribution in [2.24, 2.45) is 0 Å². The zero-order valence-corrected chi connectivity index (χ0v) is 21.2. The number of allylic oxidation sites excluding steroid dienone is 3. The van der Waals surface area contributed by atoms with Gasteiger partial charge in [0.25, 0.3) is 5.91 Å². The number of carbonyl (C=O) groups excluding carboxylic acids is 2. The quantitative estimate of drug-likeness (QED) is 0.340. The summed E-state index contributed by atoms with van der Waals surface area (Å²) in [4.78, 5) is 33.6. The van der Waals surface area contributed by atoms with Crippen molar-refractivity contribution in [2.75, 3.05) is 48.3 Å². The van der Waals surface area contributed by atoms with Gasteiger partial charge in [0, 0.05) is 62.5 Å². The van der Waals surface area contributed by atoms with Gasteiger partial charge in [-0.05, 0) is 56.3 Å². The molecule has 0 bridgehead atoms. The summed E-state index contributed by atoms with van der Waals surface area (Å²) in [6, 6.07) is 5.77. The van der Waals surface area contributed by atoms with Crippen LogP contribution in [0.1, 0.15) is 48.3 Å². The van der Waals surface area contributed by atoms with Crippen molar-refractivity contribution in [2.45, 2.75) is 26.7 Å². The van der Waals surface area contributed by atoms with Gasteiger partial charge < -0.3 is 19.7 Å². The van der Waals surface area contributed by atoms with Crippen molar-refractivity contribution in [1.82, 2.24) is 19.7 Å². The highest BCUT2D eigenvalue weighted by molar-refractivity contribution is 6.39. The molecular weight excluding hydrogens is 424 g/mol. The number of aromatic amines is 1. The van der Waals surface area contributed by atoms with E-state index in [2.05, 4.69) is 23.7 Å². The van der Waals surface area contributed by atoms with Gasteiger partial charge in [0.2, 0.25) is 0 Å². The molecule has 174 valence electrons. The Morgan fingerprint density at radius 1 is 1.12 bits per heavy atom. The topological polar surface area (TPSA) is 59.7 Å².